The van der Waals surface area contributed by atoms with Crippen molar-refractivity contribution in [2.45, 2.75) is 13.0 Å². The normalized spacial score (nSPS) is 12.6. The molecule has 16 heavy (non-hydrogen) atoms. The summed E-state index contributed by atoms with van der Waals surface area (Å²) in [5.74, 6) is 0.724. The average Bonchev–Trinajstić information content (AvgIpc) is 2.28. The van der Waals surface area contributed by atoms with Crippen molar-refractivity contribution >= 4 is 11.6 Å². The van der Waals surface area contributed by atoms with Crippen LogP contribution in [0.5, 0.6) is 5.75 Å². The lowest BCUT2D eigenvalue weighted by atomic mass is 10.0. The molecule has 0 bridgehead atoms. The van der Waals surface area contributed by atoms with Crippen LogP contribution in [0.4, 0.5) is 0 Å². The van der Waals surface area contributed by atoms with Crippen molar-refractivity contribution in [3.63, 3.8) is 0 Å². The second-order valence-corrected chi connectivity index (χ2v) is 4.15. The first kappa shape index (κ1) is 13.3. The van der Waals surface area contributed by atoms with Crippen LogP contribution in [0.2, 0.25) is 5.02 Å². The van der Waals surface area contributed by atoms with Crippen molar-refractivity contribution in [3.05, 3.63) is 28.3 Å². The molecule has 0 aliphatic carbocycles. The van der Waals surface area contributed by atoms with Gasteiger partial charge in [0.15, 0.2) is 0 Å². The van der Waals surface area contributed by atoms with Gasteiger partial charge in [-0.15, -0.1) is 0 Å². The number of aryl methyl sites for hydroxylation is 1. The lowest BCUT2D eigenvalue weighted by Gasteiger charge is -2.19. The highest BCUT2D eigenvalue weighted by Gasteiger charge is 2.13. The Hall–Kier alpha value is -0.770. The van der Waals surface area contributed by atoms with Crippen LogP contribution in [0.25, 0.3) is 0 Å². The van der Waals surface area contributed by atoms with Gasteiger partial charge in [0, 0.05) is 12.6 Å². The van der Waals surface area contributed by atoms with Crippen LogP contribution >= 0.6 is 11.6 Å². The molecule has 2 N–H and O–H groups in total. The summed E-state index contributed by atoms with van der Waals surface area (Å²) in [5.41, 5.74) is 2.37. The highest BCUT2D eigenvalue weighted by atomic mass is 35.5. The van der Waals surface area contributed by atoms with E-state index in [9.17, 15) is 0 Å². The maximum absolute atomic E-state index is 6.13. The lowest BCUT2D eigenvalue weighted by Crippen LogP contribution is -2.27. The summed E-state index contributed by atoms with van der Waals surface area (Å²) >= 11 is 6.13. The minimum Gasteiger partial charge on any atom is -0.495 e. The molecule has 4 heteroatoms. The van der Waals surface area contributed by atoms with Crippen LogP contribution in [0.3, 0.4) is 0 Å². The first-order valence-electron chi connectivity index (χ1n) is 5.30. The van der Waals surface area contributed by atoms with Gasteiger partial charge < -0.3 is 15.4 Å². The molecule has 0 amide bonds. The van der Waals surface area contributed by atoms with E-state index in [-0.39, 0.29) is 6.04 Å². The lowest BCUT2D eigenvalue weighted by molar-refractivity contribution is 0.414. The van der Waals surface area contributed by atoms with E-state index in [4.69, 9.17) is 16.3 Å². The molecule has 1 aromatic rings. The summed E-state index contributed by atoms with van der Waals surface area (Å²) in [5, 5.41) is 7.07. The number of hydrogen-bond acceptors (Lipinski definition) is 3. The summed E-state index contributed by atoms with van der Waals surface area (Å²) in [4.78, 5) is 0. The van der Waals surface area contributed by atoms with Crippen molar-refractivity contribution < 1.29 is 4.74 Å². The molecule has 1 aromatic carbocycles. The van der Waals surface area contributed by atoms with Crippen LogP contribution in [-0.2, 0) is 0 Å². The number of halogens is 1. The molecule has 1 atom stereocenters. The van der Waals surface area contributed by atoms with Gasteiger partial charge in [-0.1, -0.05) is 11.6 Å². The van der Waals surface area contributed by atoms with E-state index >= 15 is 0 Å². The number of nitrogens with one attached hydrogen (secondary N) is 2. The molecule has 0 aliphatic rings. The van der Waals surface area contributed by atoms with Gasteiger partial charge in [-0.3, -0.25) is 0 Å². The molecule has 0 fully saturated rings. The number of rotatable bonds is 5. The predicted octanol–water partition coefficient (Wildman–Crippen LogP) is 2.14. The van der Waals surface area contributed by atoms with Gasteiger partial charge in [-0.05, 0) is 44.3 Å². The molecule has 1 rings (SSSR count). The van der Waals surface area contributed by atoms with Gasteiger partial charge >= 0.3 is 0 Å². The van der Waals surface area contributed by atoms with Crippen LogP contribution in [0.15, 0.2) is 12.1 Å². The minimum atomic E-state index is 0.258. The van der Waals surface area contributed by atoms with E-state index in [0.29, 0.717) is 5.02 Å². The predicted molar refractivity (Wildman–Crippen MR) is 68.5 cm³/mol. The first-order valence-corrected chi connectivity index (χ1v) is 5.67. The van der Waals surface area contributed by atoms with Crippen molar-refractivity contribution in [3.8, 4) is 5.75 Å². The van der Waals surface area contributed by atoms with Crippen LogP contribution in [0, 0.1) is 6.92 Å². The second-order valence-electron chi connectivity index (χ2n) is 3.74. The Morgan fingerprint density at radius 1 is 1.38 bits per heavy atom. The Morgan fingerprint density at radius 2 is 2.06 bits per heavy atom. The molecule has 0 saturated heterocycles. The summed E-state index contributed by atoms with van der Waals surface area (Å²) in [6.07, 6.45) is 0. The first-order chi connectivity index (χ1) is 7.63. The second kappa shape index (κ2) is 6.09. The van der Waals surface area contributed by atoms with Gasteiger partial charge in [-0.25, -0.2) is 0 Å². The number of benzene rings is 1. The third-order valence-corrected chi connectivity index (χ3v) is 2.97. The van der Waals surface area contributed by atoms with Gasteiger partial charge in [0.1, 0.15) is 5.75 Å². The zero-order valence-electron chi connectivity index (χ0n) is 10.2. The van der Waals surface area contributed by atoms with E-state index < -0.39 is 0 Å². The summed E-state index contributed by atoms with van der Waals surface area (Å²) in [7, 11) is 5.51. The fraction of sp³-hybridized carbons (Fsp3) is 0.500. The van der Waals surface area contributed by atoms with Crippen molar-refractivity contribution in [2.24, 2.45) is 0 Å². The fourth-order valence-corrected chi connectivity index (χ4v) is 2.02. The maximum atomic E-state index is 6.13. The molecule has 0 radical (unpaired) electrons. The zero-order chi connectivity index (χ0) is 12.1. The number of ether oxygens (including phenoxy) is 1. The fourth-order valence-electron chi connectivity index (χ4n) is 1.77. The van der Waals surface area contributed by atoms with E-state index in [1.807, 2.05) is 26.2 Å². The summed E-state index contributed by atoms with van der Waals surface area (Å²) < 4.78 is 5.19. The topological polar surface area (TPSA) is 33.3 Å². The van der Waals surface area contributed by atoms with Crippen molar-refractivity contribution in [1.82, 2.24) is 10.6 Å². The maximum Gasteiger partial charge on any atom is 0.137 e. The molecule has 3 nitrogen and oxygen atoms in total. The largest absolute Gasteiger partial charge is 0.495 e. The van der Waals surface area contributed by atoms with Crippen LogP contribution in [-0.4, -0.2) is 27.7 Å². The number of methoxy groups -OCH3 is 1. The van der Waals surface area contributed by atoms with Gasteiger partial charge in [0.2, 0.25) is 0 Å². The van der Waals surface area contributed by atoms with E-state index in [1.54, 1.807) is 7.11 Å². The van der Waals surface area contributed by atoms with E-state index in [1.165, 1.54) is 11.1 Å². The van der Waals surface area contributed by atoms with Crippen LogP contribution in [0.1, 0.15) is 17.2 Å². The Kier molecular flexibility index (Phi) is 5.06. The molecular weight excluding hydrogens is 224 g/mol. The van der Waals surface area contributed by atoms with Crippen molar-refractivity contribution in [2.75, 3.05) is 27.7 Å². The molecule has 0 saturated carbocycles. The number of likely N-dealkylation sites (N-methyl/N-ethyl adjacent to an activating group) is 2. The van der Waals surface area contributed by atoms with Gasteiger partial charge in [0.05, 0.1) is 12.1 Å². The highest BCUT2D eigenvalue weighted by molar-refractivity contribution is 6.32. The smallest absolute Gasteiger partial charge is 0.137 e. The monoisotopic (exact) mass is 242 g/mol. The van der Waals surface area contributed by atoms with E-state index in [0.717, 1.165) is 12.3 Å². The quantitative estimate of drug-likeness (QED) is 0.830. The Labute approximate surface area is 102 Å². The SMILES string of the molecule is CNCC(NC)c1cc(Cl)c(OC)cc1C. The number of hydrogen-bond donors (Lipinski definition) is 2. The molecule has 0 aliphatic heterocycles. The summed E-state index contributed by atoms with van der Waals surface area (Å²) in [6.45, 7) is 2.92. The third kappa shape index (κ3) is 2.88. The third-order valence-electron chi connectivity index (χ3n) is 2.67. The van der Waals surface area contributed by atoms with Crippen molar-refractivity contribution in [1.29, 1.82) is 0 Å². The molecule has 0 heterocycles. The Balaban J connectivity index is 3.08. The average molecular weight is 243 g/mol. The highest BCUT2D eigenvalue weighted by Crippen LogP contribution is 2.30. The standard InChI is InChI=1S/C12H19ClN2O/c1-8-5-12(16-4)10(13)6-9(8)11(15-3)7-14-2/h5-6,11,14-15H,7H2,1-4H3. The zero-order valence-corrected chi connectivity index (χ0v) is 11.0. The minimum absolute atomic E-state index is 0.258. The van der Waals surface area contributed by atoms with E-state index in [2.05, 4.69) is 17.6 Å². The molecule has 1 unspecified atom stereocenters. The van der Waals surface area contributed by atoms with Gasteiger partial charge in [-0.2, -0.15) is 0 Å². The van der Waals surface area contributed by atoms with Gasteiger partial charge in [0.25, 0.3) is 0 Å². The molecular formula is C12H19ClN2O. The molecule has 0 spiro atoms. The van der Waals surface area contributed by atoms with Crippen LogP contribution < -0.4 is 15.4 Å². The Bertz CT molecular complexity index is 355. The summed E-state index contributed by atoms with van der Waals surface area (Å²) in [6, 6.07) is 4.19. The molecule has 90 valence electrons. The Morgan fingerprint density at radius 3 is 2.56 bits per heavy atom. The molecule has 0 aromatic heterocycles.